The van der Waals surface area contributed by atoms with Crippen LogP contribution in [0.2, 0.25) is 5.02 Å². The summed E-state index contributed by atoms with van der Waals surface area (Å²) in [6.07, 6.45) is 6.91. The van der Waals surface area contributed by atoms with Crippen LogP contribution in [-0.4, -0.2) is 32.3 Å². The summed E-state index contributed by atoms with van der Waals surface area (Å²) in [6, 6.07) is 31.6. The molecule has 0 saturated carbocycles. The van der Waals surface area contributed by atoms with Crippen LogP contribution in [0.15, 0.2) is 121 Å². The molecule has 0 amide bonds. The molecule has 2 aromatic heterocycles. The van der Waals surface area contributed by atoms with Crippen LogP contribution in [0, 0.1) is 5.82 Å². The van der Waals surface area contributed by atoms with E-state index in [0.29, 0.717) is 28.6 Å². The summed E-state index contributed by atoms with van der Waals surface area (Å²) in [4.78, 5) is 30.8. The third kappa shape index (κ3) is 9.71. The van der Waals surface area contributed by atoms with E-state index in [9.17, 15) is 9.18 Å². The summed E-state index contributed by atoms with van der Waals surface area (Å²) in [5.74, 6) is 1.01. The molecular formula is C39H33ClFN7O2. The van der Waals surface area contributed by atoms with Gasteiger partial charge in [0.15, 0.2) is 5.78 Å². The van der Waals surface area contributed by atoms with Crippen molar-refractivity contribution in [1.82, 2.24) is 19.9 Å². The fourth-order valence-corrected chi connectivity index (χ4v) is 4.87. The van der Waals surface area contributed by atoms with E-state index in [1.165, 1.54) is 23.8 Å². The van der Waals surface area contributed by atoms with Gasteiger partial charge in [-0.1, -0.05) is 42.8 Å². The highest BCUT2D eigenvalue weighted by Gasteiger charge is 2.10. The number of aromatic nitrogens is 4. The lowest BCUT2D eigenvalue weighted by atomic mass is 10.1. The highest BCUT2D eigenvalue weighted by Crippen LogP contribution is 2.23. The van der Waals surface area contributed by atoms with E-state index >= 15 is 0 Å². The van der Waals surface area contributed by atoms with E-state index in [1.54, 1.807) is 66.7 Å². The average molecular weight is 686 g/mol. The second kappa shape index (κ2) is 16.3. The molecule has 250 valence electrons. The minimum absolute atomic E-state index is 0.140. The van der Waals surface area contributed by atoms with Crippen LogP contribution in [0.1, 0.15) is 34.1 Å². The molecule has 9 nitrogen and oxygen atoms in total. The van der Waals surface area contributed by atoms with Gasteiger partial charge in [0.1, 0.15) is 11.6 Å². The van der Waals surface area contributed by atoms with Gasteiger partial charge in [0.05, 0.1) is 6.61 Å². The molecule has 11 heteroatoms. The second-order valence-corrected chi connectivity index (χ2v) is 11.6. The number of anilines is 6. The molecule has 0 atom stereocenters. The zero-order valence-electron chi connectivity index (χ0n) is 27.1. The Hall–Kier alpha value is -6.13. The lowest BCUT2D eigenvalue weighted by Gasteiger charge is -2.12. The van der Waals surface area contributed by atoms with Gasteiger partial charge in [-0.3, -0.25) is 9.78 Å². The Balaban J connectivity index is 1.07. The van der Waals surface area contributed by atoms with Gasteiger partial charge in [-0.2, -0.15) is 15.0 Å². The van der Waals surface area contributed by atoms with Crippen LogP contribution in [-0.2, 0) is 12.8 Å². The Morgan fingerprint density at radius 2 is 1.30 bits per heavy atom. The zero-order chi connectivity index (χ0) is 34.7. The molecule has 6 rings (SSSR count). The van der Waals surface area contributed by atoms with E-state index in [0.717, 1.165) is 35.5 Å². The van der Waals surface area contributed by atoms with Crippen LogP contribution in [0.4, 0.5) is 39.3 Å². The number of ether oxygens (including phenoxy) is 1. The highest BCUT2D eigenvalue weighted by atomic mass is 35.5. The van der Waals surface area contributed by atoms with E-state index in [2.05, 4.69) is 48.9 Å². The van der Waals surface area contributed by atoms with Crippen molar-refractivity contribution >= 4 is 58.4 Å². The van der Waals surface area contributed by atoms with Gasteiger partial charge in [-0.15, -0.1) is 0 Å². The fraction of sp³-hybridized carbons (Fsp3) is 0.103. The van der Waals surface area contributed by atoms with Crippen molar-refractivity contribution in [2.75, 3.05) is 22.6 Å². The van der Waals surface area contributed by atoms with Gasteiger partial charge in [0.25, 0.3) is 0 Å². The normalized spacial score (nSPS) is 10.9. The maximum absolute atomic E-state index is 13.4. The van der Waals surface area contributed by atoms with Crippen molar-refractivity contribution < 1.29 is 13.9 Å². The standard InChI is InChI=1S/C39H33ClFN7O2/c1-2-26-3-13-31(42-25-26)23-24-50-35-20-4-27(5-21-35)6-22-36(49)28-7-14-32(15-8-28)43-37-46-38(44-33-16-9-29(40)10-17-33)48-39(47-37)45-34-18-11-30(41)12-19-34/h3-22,25H,2,23-24H2,1H3,(H3,43,44,45,46,47,48)/b22-6+. The first-order valence-corrected chi connectivity index (χ1v) is 16.3. The number of aryl methyl sites for hydroxylation is 1. The highest BCUT2D eigenvalue weighted by molar-refractivity contribution is 6.30. The van der Waals surface area contributed by atoms with Crippen LogP contribution in [0.25, 0.3) is 6.08 Å². The SMILES string of the molecule is CCc1ccc(CCOc2ccc(/C=C/C(=O)c3ccc(Nc4nc(Nc5ccc(F)cc5)nc(Nc5ccc(Cl)cc5)n4)cc3)cc2)nc1. The van der Waals surface area contributed by atoms with Crippen LogP contribution in [0.3, 0.4) is 0 Å². The van der Waals surface area contributed by atoms with Crippen molar-refractivity contribution in [3.05, 3.63) is 155 Å². The lowest BCUT2D eigenvalue weighted by molar-refractivity contribution is 0.104. The molecule has 2 heterocycles. The topological polar surface area (TPSA) is 114 Å². The summed E-state index contributed by atoms with van der Waals surface area (Å²) in [7, 11) is 0. The number of halogens is 2. The molecule has 4 aromatic carbocycles. The number of hydrogen-bond acceptors (Lipinski definition) is 9. The largest absolute Gasteiger partial charge is 0.493 e. The zero-order valence-corrected chi connectivity index (χ0v) is 27.9. The number of hydrogen-bond donors (Lipinski definition) is 3. The number of carbonyl (C=O) groups excluding carboxylic acids is 1. The number of nitrogens with one attached hydrogen (secondary N) is 3. The number of carbonyl (C=O) groups is 1. The minimum atomic E-state index is -0.353. The monoisotopic (exact) mass is 685 g/mol. The minimum Gasteiger partial charge on any atom is -0.493 e. The Morgan fingerprint density at radius 3 is 1.84 bits per heavy atom. The quantitative estimate of drug-likeness (QED) is 0.0762. The molecule has 3 N–H and O–H groups in total. The van der Waals surface area contributed by atoms with E-state index in [-0.39, 0.29) is 29.4 Å². The maximum atomic E-state index is 13.4. The van der Waals surface area contributed by atoms with Crippen LogP contribution >= 0.6 is 11.6 Å². The molecule has 0 unspecified atom stereocenters. The number of nitrogens with zero attached hydrogens (tertiary/aromatic N) is 4. The maximum Gasteiger partial charge on any atom is 0.233 e. The first-order valence-electron chi connectivity index (χ1n) is 16.0. The van der Waals surface area contributed by atoms with Gasteiger partial charge in [-0.05, 0) is 115 Å². The molecule has 0 spiro atoms. The number of ketones is 1. The summed E-state index contributed by atoms with van der Waals surface area (Å²) < 4.78 is 19.3. The predicted octanol–water partition coefficient (Wildman–Crippen LogP) is 9.37. The Kier molecular flexibility index (Phi) is 11.0. The van der Waals surface area contributed by atoms with Crippen LogP contribution < -0.4 is 20.7 Å². The molecule has 0 fully saturated rings. The Labute approximate surface area is 294 Å². The first kappa shape index (κ1) is 33.8. The molecule has 0 aliphatic rings. The van der Waals surface area contributed by atoms with Gasteiger partial charge in [0, 0.05) is 46.0 Å². The van der Waals surface area contributed by atoms with E-state index < -0.39 is 0 Å². The molecule has 0 aliphatic heterocycles. The van der Waals surface area contributed by atoms with Crippen molar-refractivity contribution in [2.45, 2.75) is 19.8 Å². The smallest absolute Gasteiger partial charge is 0.233 e. The first-order chi connectivity index (χ1) is 24.4. The fourth-order valence-electron chi connectivity index (χ4n) is 4.74. The van der Waals surface area contributed by atoms with Gasteiger partial charge in [0.2, 0.25) is 17.8 Å². The molecule has 6 aromatic rings. The molecule has 0 aliphatic carbocycles. The third-order valence-corrected chi connectivity index (χ3v) is 7.74. The Morgan fingerprint density at radius 1 is 0.740 bits per heavy atom. The van der Waals surface area contributed by atoms with Crippen molar-refractivity contribution in [1.29, 1.82) is 0 Å². The predicted molar refractivity (Wildman–Crippen MR) is 197 cm³/mol. The van der Waals surface area contributed by atoms with Crippen molar-refractivity contribution in [3.63, 3.8) is 0 Å². The number of allylic oxidation sites excluding steroid dienone is 1. The van der Waals surface area contributed by atoms with E-state index in [1.807, 2.05) is 36.5 Å². The van der Waals surface area contributed by atoms with Gasteiger partial charge < -0.3 is 20.7 Å². The second-order valence-electron chi connectivity index (χ2n) is 11.1. The number of benzene rings is 4. The lowest BCUT2D eigenvalue weighted by Crippen LogP contribution is -2.07. The van der Waals surface area contributed by atoms with E-state index in [4.69, 9.17) is 16.3 Å². The van der Waals surface area contributed by atoms with Gasteiger partial charge >= 0.3 is 0 Å². The molecule has 0 saturated heterocycles. The number of pyridine rings is 1. The van der Waals surface area contributed by atoms with Crippen molar-refractivity contribution in [3.8, 4) is 5.75 Å². The average Bonchev–Trinajstić information content (AvgIpc) is 3.13. The third-order valence-electron chi connectivity index (χ3n) is 7.49. The summed E-state index contributed by atoms with van der Waals surface area (Å²) in [6.45, 7) is 2.64. The molecule has 0 bridgehead atoms. The Bertz CT molecular complexity index is 1990. The van der Waals surface area contributed by atoms with Gasteiger partial charge in [-0.25, -0.2) is 4.39 Å². The summed E-state index contributed by atoms with van der Waals surface area (Å²) in [5, 5.41) is 9.98. The molecular weight excluding hydrogens is 653 g/mol. The molecule has 0 radical (unpaired) electrons. The summed E-state index contributed by atoms with van der Waals surface area (Å²) >= 11 is 6.03. The number of rotatable bonds is 14. The van der Waals surface area contributed by atoms with Crippen molar-refractivity contribution in [2.24, 2.45) is 0 Å². The summed E-state index contributed by atoms with van der Waals surface area (Å²) in [5.41, 5.74) is 5.59. The van der Waals surface area contributed by atoms with Crippen LogP contribution in [0.5, 0.6) is 5.75 Å². The molecule has 50 heavy (non-hydrogen) atoms.